The summed E-state index contributed by atoms with van der Waals surface area (Å²) in [5, 5.41) is 17.7. The van der Waals surface area contributed by atoms with Gasteiger partial charge in [-0.25, -0.2) is 0 Å². The van der Waals surface area contributed by atoms with E-state index < -0.39 is 6.10 Å². The van der Waals surface area contributed by atoms with Gasteiger partial charge in [0.05, 0.1) is 12.3 Å². The van der Waals surface area contributed by atoms with Crippen molar-refractivity contribution in [2.45, 2.75) is 26.1 Å². The molecule has 0 aliphatic rings. The second-order valence-electron chi connectivity index (χ2n) is 4.13. The molecule has 0 aliphatic carbocycles. The molecule has 0 aliphatic heterocycles. The van der Waals surface area contributed by atoms with Gasteiger partial charge in [-0.2, -0.15) is 0 Å². The molecule has 0 unspecified atom stereocenters. The van der Waals surface area contributed by atoms with Gasteiger partial charge >= 0.3 is 0 Å². The lowest BCUT2D eigenvalue weighted by Gasteiger charge is -2.14. The number of aliphatic hydroxyl groups excluding tert-OH is 1. The lowest BCUT2D eigenvalue weighted by atomic mass is 10.1. The first-order valence-corrected chi connectivity index (χ1v) is 5.95. The minimum absolute atomic E-state index is 0.348. The molecule has 1 atom stereocenters. The van der Waals surface area contributed by atoms with Crippen molar-refractivity contribution < 1.29 is 9.84 Å². The second kappa shape index (κ2) is 5.64. The molecular formula is C13H17N3O2. The molecule has 0 spiro atoms. The molecule has 96 valence electrons. The summed E-state index contributed by atoms with van der Waals surface area (Å²) in [7, 11) is 1.81. The van der Waals surface area contributed by atoms with E-state index in [4.69, 9.17) is 4.74 Å². The average Bonchev–Trinajstić information content (AvgIpc) is 2.81. The maximum atomic E-state index is 9.90. The lowest BCUT2D eigenvalue weighted by Crippen LogP contribution is -2.02. The van der Waals surface area contributed by atoms with Crippen LogP contribution in [0.1, 0.15) is 30.7 Å². The van der Waals surface area contributed by atoms with Crippen molar-refractivity contribution >= 4 is 0 Å². The molecule has 0 bridgehead atoms. The Kier molecular flexibility index (Phi) is 3.94. The van der Waals surface area contributed by atoms with Crippen LogP contribution in [-0.2, 0) is 13.7 Å². The highest BCUT2D eigenvalue weighted by molar-refractivity contribution is 5.35. The van der Waals surface area contributed by atoms with Crippen LogP contribution in [0.5, 0.6) is 5.75 Å². The fourth-order valence-corrected chi connectivity index (χ4v) is 1.72. The van der Waals surface area contributed by atoms with Crippen molar-refractivity contribution in [3.8, 4) is 5.75 Å². The highest BCUT2D eigenvalue weighted by Crippen LogP contribution is 2.27. The van der Waals surface area contributed by atoms with Gasteiger partial charge in [0.15, 0.2) is 0 Å². The Bertz CT molecular complexity index is 510. The first kappa shape index (κ1) is 12.6. The van der Waals surface area contributed by atoms with Crippen molar-refractivity contribution in [1.29, 1.82) is 0 Å². The van der Waals surface area contributed by atoms with E-state index in [1.54, 1.807) is 10.9 Å². The van der Waals surface area contributed by atoms with Gasteiger partial charge in [-0.05, 0) is 12.5 Å². The Labute approximate surface area is 106 Å². The van der Waals surface area contributed by atoms with E-state index in [2.05, 4.69) is 10.3 Å². The van der Waals surface area contributed by atoms with Crippen molar-refractivity contribution in [1.82, 2.24) is 15.0 Å². The van der Waals surface area contributed by atoms with Crippen molar-refractivity contribution in [2.24, 2.45) is 7.05 Å². The summed E-state index contributed by atoms with van der Waals surface area (Å²) in [6.07, 6.45) is 1.97. The number of ether oxygens (including phenoxy) is 1. The van der Waals surface area contributed by atoms with Crippen molar-refractivity contribution in [3.63, 3.8) is 0 Å². The quantitative estimate of drug-likeness (QED) is 0.875. The van der Waals surface area contributed by atoms with Gasteiger partial charge in [0.1, 0.15) is 18.1 Å². The summed E-state index contributed by atoms with van der Waals surface area (Å²) in [6.45, 7) is 2.28. The molecule has 2 rings (SSSR count). The summed E-state index contributed by atoms with van der Waals surface area (Å²) in [5.74, 6) is 0.692. The molecule has 1 aromatic carbocycles. The van der Waals surface area contributed by atoms with Crippen LogP contribution in [0.15, 0.2) is 30.5 Å². The second-order valence-corrected chi connectivity index (χ2v) is 4.13. The third-order valence-electron chi connectivity index (χ3n) is 2.69. The molecule has 1 N–H and O–H groups in total. The van der Waals surface area contributed by atoms with E-state index in [1.807, 2.05) is 38.2 Å². The number of nitrogens with zero attached hydrogens (tertiary/aromatic N) is 3. The van der Waals surface area contributed by atoms with Crippen LogP contribution in [0, 0.1) is 0 Å². The number of aryl methyl sites for hydroxylation is 1. The van der Waals surface area contributed by atoms with E-state index in [1.165, 1.54) is 0 Å². The summed E-state index contributed by atoms with van der Waals surface area (Å²) in [5.41, 5.74) is 1.57. The first-order valence-electron chi connectivity index (χ1n) is 5.95. The van der Waals surface area contributed by atoms with Crippen molar-refractivity contribution in [2.75, 3.05) is 0 Å². The smallest absolute Gasteiger partial charge is 0.134 e. The van der Waals surface area contributed by atoms with Crippen LogP contribution in [0.3, 0.4) is 0 Å². The summed E-state index contributed by atoms with van der Waals surface area (Å²) in [4.78, 5) is 0. The molecule has 0 fully saturated rings. The molecule has 0 saturated carbocycles. The van der Waals surface area contributed by atoms with Crippen LogP contribution in [0.25, 0.3) is 0 Å². The Morgan fingerprint density at radius 3 is 2.83 bits per heavy atom. The number of aromatic nitrogens is 3. The number of rotatable bonds is 5. The van der Waals surface area contributed by atoms with Gasteiger partial charge in [-0.15, -0.1) is 5.10 Å². The van der Waals surface area contributed by atoms with Crippen LogP contribution in [-0.4, -0.2) is 20.1 Å². The third-order valence-corrected chi connectivity index (χ3v) is 2.69. The SMILES string of the molecule is CC[C@@H](O)c1ccccc1OCc1cn(C)nn1. The highest BCUT2D eigenvalue weighted by Gasteiger charge is 2.11. The number of hydrogen-bond acceptors (Lipinski definition) is 4. The standard InChI is InChI=1S/C13H17N3O2/c1-3-12(17)11-6-4-5-7-13(11)18-9-10-8-16(2)15-14-10/h4-8,12,17H,3,9H2,1-2H3/t12-/m1/s1. The monoisotopic (exact) mass is 247 g/mol. The fourth-order valence-electron chi connectivity index (χ4n) is 1.72. The molecule has 1 heterocycles. The molecule has 5 heteroatoms. The predicted molar refractivity (Wildman–Crippen MR) is 67.0 cm³/mol. The van der Waals surface area contributed by atoms with Gasteiger partial charge in [-0.1, -0.05) is 30.3 Å². The summed E-state index contributed by atoms with van der Waals surface area (Å²) >= 11 is 0. The van der Waals surface area contributed by atoms with E-state index in [-0.39, 0.29) is 0 Å². The van der Waals surface area contributed by atoms with E-state index in [0.717, 1.165) is 11.3 Å². The summed E-state index contributed by atoms with van der Waals surface area (Å²) < 4.78 is 7.31. The molecule has 0 radical (unpaired) electrons. The van der Waals surface area contributed by atoms with Crippen LogP contribution in [0.4, 0.5) is 0 Å². The fraction of sp³-hybridized carbons (Fsp3) is 0.385. The van der Waals surface area contributed by atoms with E-state index in [9.17, 15) is 5.11 Å². The minimum atomic E-state index is -0.497. The van der Waals surface area contributed by atoms with Gasteiger partial charge in [-0.3, -0.25) is 4.68 Å². The molecule has 0 saturated heterocycles. The molecule has 18 heavy (non-hydrogen) atoms. The lowest BCUT2D eigenvalue weighted by molar-refractivity contribution is 0.166. The Balaban J connectivity index is 2.09. The van der Waals surface area contributed by atoms with Gasteiger partial charge in [0, 0.05) is 12.6 Å². The largest absolute Gasteiger partial charge is 0.487 e. The molecule has 0 amide bonds. The number of aliphatic hydroxyl groups is 1. The van der Waals surface area contributed by atoms with Crippen LogP contribution in [0.2, 0.25) is 0 Å². The van der Waals surface area contributed by atoms with Gasteiger partial charge in [0.25, 0.3) is 0 Å². The minimum Gasteiger partial charge on any atom is -0.487 e. The first-order chi connectivity index (χ1) is 8.70. The zero-order valence-corrected chi connectivity index (χ0v) is 10.6. The average molecular weight is 247 g/mol. The summed E-state index contributed by atoms with van der Waals surface area (Å²) in [6, 6.07) is 7.51. The number of hydrogen-bond donors (Lipinski definition) is 1. The van der Waals surface area contributed by atoms with Crippen LogP contribution < -0.4 is 4.74 Å². The molecule has 1 aromatic heterocycles. The number of para-hydroxylation sites is 1. The normalized spacial score (nSPS) is 12.4. The molecular weight excluding hydrogens is 230 g/mol. The third kappa shape index (κ3) is 2.87. The zero-order chi connectivity index (χ0) is 13.0. The Hall–Kier alpha value is -1.88. The highest BCUT2D eigenvalue weighted by atomic mass is 16.5. The maximum Gasteiger partial charge on any atom is 0.134 e. The van der Waals surface area contributed by atoms with Gasteiger partial charge in [0.2, 0.25) is 0 Å². The zero-order valence-electron chi connectivity index (χ0n) is 10.6. The topological polar surface area (TPSA) is 60.2 Å². The number of benzene rings is 1. The molecule has 5 nitrogen and oxygen atoms in total. The maximum absolute atomic E-state index is 9.90. The van der Waals surface area contributed by atoms with Gasteiger partial charge < -0.3 is 9.84 Å². The van der Waals surface area contributed by atoms with Crippen molar-refractivity contribution in [3.05, 3.63) is 41.7 Å². The van der Waals surface area contributed by atoms with Crippen LogP contribution >= 0.6 is 0 Å². The Morgan fingerprint density at radius 2 is 2.17 bits per heavy atom. The molecule has 2 aromatic rings. The predicted octanol–water partition coefficient (Wildman–Crippen LogP) is 1.84. The Morgan fingerprint density at radius 1 is 1.39 bits per heavy atom. The van der Waals surface area contributed by atoms with E-state index >= 15 is 0 Å². The van der Waals surface area contributed by atoms with E-state index in [0.29, 0.717) is 18.8 Å².